The summed E-state index contributed by atoms with van der Waals surface area (Å²) >= 11 is 11.7. The summed E-state index contributed by atoms with van der Waals surface area (Å²) < 4.78 is 4.92. The van der Waals surface area contributed by atoms with Crippen molar-refractivity contribution in [3.63, 3.8) is 0 Å². The molecule has 0 atom stereocenters. The van der Waals surface area contributed by atoms with Crippen molar-refractivity contribution in [3.05, 3.63) is 39.9 Å². The topological polar surface area (TPSA) is 46.5 Å². The van der Waals surface area contributed by atoms with Gasteiger partial charge in [0.1, 0.15) is 0 Å². The zero-order valence-electron chi connectivity index (χ0n) is 8.54. The molecule has 1 aromatic carbocycles. The molecule has 0 spiro atoms. The van der Waals surface area contributed by atoms with Crippen molar-refractivity contribution < 1.29 is 14.6 Å². The summed E-state index contributed by atoms with van der Waals surface area (Å²) in [5.74, 6) is -1.04. The Morgan fingerprint density at radius 3 is 2.69 bits per heavy atom. The summed E-state index contributed by atoms with van der Waals surface area (Å²) in [6.45, 7) is 0.174. The van der Waals surface area contributed by atoms with Crippen molar-refractivity contribution in [2.24, 2.45) is 0 Å². The Balaban J connectivity index is 3.16. The molecule has 1 aromatic rings. The van der Waals surface area contributed by atoms with Crippen LogP contribution in [-0.4, -0.2) is 24.8 Å². The van der Waals surface area contributed by atoms with Crippen LogP contribution in [-0.2, 0) is 9.53 Å². The number of ether oxygens (including phenoxy) is 1. The van der Waals surface area contributed by atoms with Crippen LogP contribution in [0.3, 0.4) is 0 Å². The average Bonchev–Trinajstić information content (AvgIpc) is 2.16. The molecule has 5 heteroatoms. The Kier molecular flexibility index (Phi) is 4.80. The smallest absolute Gasteiger partial charge is 0.328 e. The first-order chi connectivity index (χ1) is 7.54. The van der Waals surface area contributed by atoms with Crippen molar-refractivity contribution in [1.82, 2.24) is 0 Å². The van der Waals surface area contributed by atoms with Crippen LogP contribution < -0.4 is 0 Å². The van der Waals surface area contributed by atoms with E-state index in [-0.39, 0.29) is 6.61 Å². The monoisotopic (exact) mass is 260 g/mol. The van der Waals surface area contributed by atoms with Crippen molar-refractivity contribution >= 4 is 34.7 Å². The highest BCUT2D eigenvalue weighted by molar-refractivity contribution is 6.35. The molecule has 0 aliphatic heterocycles. The molecular formula is C11H10Cl2O3. The van der Waals surface area contributed by atoms with Gasteiger partial charge >= 0.3 is 5.97 Å². The van der Waals surface area contributed by atoms with E-state index in [9.17, 15) is 4.79 Å². The first-order valence-corrected chi connectivity index (χ1v) is 5.18. The fourth-order valence-corrected chi connectivity index (χ4v) is 1.78. The molecule has 86 valence electrons. The van der Waals surface area contributed by atoms with E-state index in [0.717, 1.165) is 6.08 Å². The van der Waals surface area contributed by atoms with E-state index in [1.807, 2.05) is 0 Å². The highest BCUT2D eigenvalue weighted by atomic mass is 35.5. The standard InChI is InChI=1S/C11H10Cl2O3/c1-16-6-7(4-11(14)15)9-3-2-8(12)5-10(9)13/h2-5H,6H2,1H3,(H,14,15)/b7-4+. The van der Waals surface area contributed by atoms with Gasteiger partial charge in [-0.1, -0.05) is 29.3 Å². The summed E-state index contributed by atoms with van der Waals surface area (Å²) in [7, 11) is 1.49. The van der Waals surface area contributed by atoms with Crippen LogP contribution >= 0.6 is 23.2 Å². The van der Waals surface area contributed by atoms with E-state index < -0.39 is 5.97 Å². The number of methoxy groups -OCH3 is 1. The molecule has 0 unspecified atom stereocenters. The van der Waals surface area contributed by atoms with Gasteiger partial charge < -0.3 is 9.84 Å². The van der Waals surface area contributed by atoms with Gasteiger partial charge in [0.15, 0.2) is 0 Å². The van der Waals surface area contributed by atoms with Crippen LogP contribution in [0.4, 0.5) is 0 Å². The fourth-order valence-electron chi connectivity index (χ4n) is 1.25. The minimum Gasteiger partial charge on any atom is -0.478 e. The normalized spacial score (nSPS) is 11.6. The lowest BCUT2D eigenvalue weighted by molar-refractivity contribution is -0.131. The van der Waals surface area contributed by atoms with E-state index >= 15 is 0 Å². The average molecular weight is 261 g/mol. The third-order valence-electron chi connectivity index (χ3n) is 1.87. The number of carboxylic acids is 1. The Morgan fingerprint density at radius 2 is 2.19 bits per heavy atom. The Hall–Kier alpha value is -1.03. The van der Waals surface area contributed by atoms with Crippen molar-refractivity contribution in [2.75, 3.05) is 13.7 Å². The van der Waals surface area contributed by atoms with Gasteiger partial charge in [-0.2, -0.15) is 0 Å². The van der Waals surface area contributed by atoms with Gasteiger partial charge in [-0.05, 0) is 23.3 Å². The van der Waals surface area contributed by atoms with Crippen molar-refractivity contribution in [1.29, 1.82) is 0 Å². The second-order valence-corrected chi connectivity index (χ2v) is 3.91. The van der Waals surface area contributed by atoms with Gasteiger partial charge in [0.05, 0.1) is 6.61 Å². The number of hydrogen-bond donors (Lipinski definition) is 1. The summed E-state index contributed by atoms with van der Waals surface area (Å²) in [5, 5.41) is 9.62. The van der Waals surface area contributed by atoms with E-state index in [0.29, 0.717) is 21.2 Å². The highest BCUT2D eigenvalue weighted by Gasteiger charge is 2.08. The van der Waals surface area contributed by atoms with Gasteiger partial charge in [0.25, 0.3) is 0 Å². The molecule has 0 aromatic heterocycles. The molecule has 0 bridgehead atoms. The van der Waals surface area contributed by atoms with Gasteiger partial charge in [0, 0.05) is 23.2 Å². The predicted octanol–water partition coefficient (Wildman–Crippen LogP) is 3.11. The van der Waals surface area contributed by atoms with Gasteiger partial charge in [0.2, 0.25) is 0 Å². The van der Waals surface area contributed by atoms with E-state index in [2.05, 4.69) is 0 Å². The van der Waals surface area contributed by atoms with E-state index in [4.69, 9.17) is 33.0 Å². The second kappa shape index (κ2) is 5.89. The van der Waals surface area contributed by atoms with E-state index in [1.165, 1.54) is 7.11 Å². The first kappa shape index (κ1) is 13.0. The SMILES string of the molecule is COC/C(=C\C(=O)O)c1ccc(Cl)cc1Cl. The predicted molar refractivity (Wildman–Crippen MR) is 64.0 cm³/mol. The quantitative estimate of drug-likeness (QED) is 0.847. The molecule has 0 radical (unpaired) electrons. The molecular weight excluding hydrogens is 251 g/mol. The minimum atomic E-state index is -1.04. The molecule has 0 saturated carbocycles. The summed E-state index contributed by atoms with van der Waals surface area (Å²) in [6.07, 6.45) is 1.07. The minimum absolute atomic E-state index is 0.174. The lowest BCUT2D eigenvalue weighted by Gasteiger charge is -2.08. The number of benzene rings is 1. The van der Waals surface area contributed by atoms with Gasteiger partial charge in [-0.15, -0.1) is 0 Å². The number of halogens is 2. The number of rotatable bonds is 4. The molecule has 1 N–H and O–H groups in total. The van der Waals surface area contributed by atoms with Crippen molar-refractivity contribution in [3.8, 4) is 0 Å². The number of carboxylic acid groups (broad SMARTS) is 1. The number of carbonyl (C=O) groups is 1. The van der Waals surface area contributed by atoms with Gasteiger partial charge in [-0.25, -0.2) is 4.79 Å². The number of hydrogen-bond acceptors (Lipinski definition) is 2. The molecule has 0 amide bonds. The zero-order chi connectivity index (χ0) is 12.1. The van der Waals surface area contributed by atoms with Crippen molar-refractivity contribution in [2.45, 2.75) is 0 Å². The molecule has 3 nitrogen and oxygen atoms in total. The first-order valence-electron chi connectivity index (χ1n) is 4.42. The van der Waals surface area contributed by atoms with Crippen LogP contribution in [0.25, 0.3) is 5.57 Å². The highest BCUT2D eigenvalue weighted by Crippen LogP contribution is 2.27. The molecule has 0 fully saturated rings. The maximum atomic E-state index is 10.6. The molecule has 0 aliphatic rings. The third-order valence-corrected chi connectivity index (χ3v) is 2.42. The Bertz CT molecular complexity index is 427. The largest absolute Gasteiger partial charge is 0.478 e. The van der Waals surface area contributed by atoms with E-state index in [1.54, 1.807) is 18.2 Å². The maximum Gasteiger partial charge on any atom is 0.328 e. The number of aliphatic carboxylic acids is 1. The molecule has 0 saturated heterocycles. The van der Waals surface area contributed by atoms with Gasteiger partial charge in [-0.3, -0.25) is 0 Å². The summed E-state index contributed by atoms with van der Waals surface area (Å²) in [5.41, 5.74) is 1.10. The molecule has 16 heavy (non-hydrogen) atoms. The van der Waals surface area contributed by atoms with Crippen LogP contribution in [0, 0.1) is 0 Å². The lowest BCUT2D eigenvalue weighted by atomic mass is 10.1. The van der Waals surface area contributed by atoms with Crippen LogP contribution in [0.5, 0.6) is 0 Å². The molecule has 0 heterocycles. The van der Waals surface area contributed by atoms with Crippen LogP contribution in [0.2, 0.25) is 10.0 Å². The Morgan fingerprint density at radius 1 is 1.50 bits per heavy atom. The second-order valence-electron chi connectivity index (χ2n) is 3.06. The maximum absolute atomic E-state index is 10.6. The molecule has 0 aliphatic carbocycles. The molecule has 1 rings (SSSR count). The summed E-state index contributed by atoms with van der Waals surface area (Å²) in [4.78, 5) is 10.6. The zero-order valence-corrected chi connectivity index (χ0v) is 10.0. The third kappa shape index (κ3) is 3.52. The van der Waals surface area contributed by atoms with Crippen LogP contribution in [0.1, 0.15) is 5.56 Å². The Labute approximate surface area is 103 Å². The fraction of sp³-hybridized carbons (Fsp3) is 0.182. The van der Waals surface area contributed by atoms with Crippen LogP contribution in [0.15, 0.2) is 24.3 Å². The summed E-state index contributed by atoms with van der Waals surface area (Å²) in [6, 6.07) is 4.87. The lowest BCUT2D eigenvalue weighted by Crippen LogP contribution is -1.99.